The number of nitrogens with one attached hydrogen (secondary N) is 1. The third kappa shape index (κ3) is 6.35. The second kappa shape index (κ2) is 10.8. The molecule has 0 heterocycles. The smallest absolute Gasteiger partial charge is 0.411 e. The summed E-state index contributed by atoms with van der Waals surface area (Å²) in [5.41, 5.74) is 0.703. The molecule has 0 atom stereocenters. The lowest BCUT2D eigenvalue weighted by Crippen LogP contribution is -2.15. The quantitative estimate of drug-likeness (QED) is 0.666. The SMILES string of the molecule is CC.COC(=O)c1ccc(NC(=O)OCCCl)c(OC)c1. The Morgan fingerprint density at radius 1 is 1.24 bits per heavy atom. The average Bonchev–Trinajstić information content (AvgIpc) is 2.54. The molecule has 1 rings (SSSR count). The number of rotatable bonds is 5. The van der Waals surface area contributed by atoms with Crippen LogP contribution >= 0.6 is 11.6 Å². The third-order valence-corrected chi connectivity index (χ3v) is 2.32. The first-order chi connectivity index (χ1) is 10.1. The zero-order valence-corrected chi connectivity index (χ0v) is 13.3. The van der Waals surface area contributed by atoms with Crippen LogP contribution in [0.15, 0.2) is 18.2 Å². The molecule has 1 aromatic carbocycles. The van der Waals surface area contributed by atoms with Gasteiger partial charge in [0.2, 0.25) is 0 Å². The highest BCUT2D eigenvalue weighted by molar-refractivity contribution is 6.18. The number of hydrogen-bond acceptors (Lipinski definition) is 5. The van der Waals surface area contributed by atoms with Crippen molar-refractivity contribution < 1.29 is 23.8 Å². The molecule has 0 aliphatic rings. The Morgan fingerprint density at radius 3 is 2.43 bits per heavy atom. The molecule has 0 spiro atoms. The Hall–Kier alpha value is -1.95. The summed E-state index contributed by atoms with van der Waals surface area (Å²) in [4.78, 5) is 22.7. The summed E-state index contributed by atoms with van der Waals surface area (Å²) in [7, 11) is 2.70. The average molecular weight is 318 g/mol. The van der Waals surface area contributed by atoms with Gasteiger partial charge in [-0.15, -0.1) is 11.6 Å². The van der Waals surface area contributed by atoms with Crippen LogP contribution < -0.4 is 10.1 Å². The Morgan fingerprint density at radius 2 is 1.90 bits per heavy atom. The van der Waals surface area contributed by atoms with Gasteiger partial charge < -0.3 is 14.2 Å². The maximum Gasteiger partial charge on any atom is 0.411 e. The van der Waals surface area contributed by atoms with E-state index in [0.29, 0.717) is 17.0 Å². The van der Waals surface area contributed by atoms with Crippen LogP contribution in [0.2, 0.25) is 0 Å². The van der Waals surface area contributed by atoms with Crippen LogP contribution in [0.25, 0.3) is 0 Å². The van der Waals surface area contributed by atoms with E-state index in [4.69, 9.17) is 21.1 Å². The standard InChI is InChI=1S/C12H14ClNO5.C2H6/c1-17-10-7-8(11(15)18-2)3-4-9(10)14-12(16)19-6-5-13;1-2/h3-4,7H,5-6H2,1-2H3,(H,14,16);1-2H3. The van der Waals surface area contributed by atoms with E-state index in [1.807, 2.05) is 13.8 Å². The summed E-state index contributed by atoms with van der Waals surface area (Å²) in [6, 6.07) is 4.49. The minimum atomic E-state index is -0.648. The number of hydrogen-bond donors (Lipinski definition) is 1. The predicted octanol–water partition coefficient (Wildman–Crippen LogP) is 3.30. The molecule has 0 radical (unpaired) electrons. The molecule has 6 nitrogen and oxygen atoms in total. The molecule has 0 aromatic heterocycles. The van der Waals surface area contributed by atoms with Crippen LogP contribution in [0.1, 0.15) is 24.2 Å². The summed E-state index contributed by atoms with van der Waals surface area (Å²) in [5, 5.41) is 2.48. The van der Waals surface area contributed by atoms with Crippen molar-refractivity contribution in [3.05, 3.63) is 23.8 Å². The Bertz CT molecular complexity index is 465. The molecule has 0 aliphatic heterocycles. The number of alkyl halides is 1. The maximum atomic E-state index is 11.4. The molecule has 118 valence electrons. The zero-order valence-electron chi connectivity index (χ0n) is 12.6. The Labute approximate surface area is 129 Å². The summed E-state index contributed by atoms with van der Waals surface area (Å²) in [6.45, 7) is 4.11. The molecule has 7 heteroatoms. The van der Waals surface area contributed by atoms with Gasteiger partial charge in [-0.1, -0.05) is 13.8 Å². The monoisotopic (exact) mass is 317 g/mol. The highest BCUT2D eigenvalue weighted by Crippen LogP contribution is 2.26. The number of anilines is 1. The maximum absolute atomic E-state index is 11.4. The van der Waals surface area contributed by atoms with Crippen LogP contribution in [0.3, 0.4) is 0 Å². The van der Waals surface area contributed by atoms with Crippen LogP contribution in [0, 0.1) is 0 Å². The molecule has 0 saturated carbocycles. The van der Waals surface area contributed by atoms with Gasteiger partial charge in [0.25, 0.3) is 0 Å². The molecule has 0 unspecified atom stereocenters. The van der Waals surface area contributed by atoms with Crippen molar-refractivity contribution in [2.75, 3.05) is 32.0 Å². The van der Waals surface area contributed by atoms with Crippen molar-refractivity contribution in [1.29, 1.82) is 0 Å². The van der Waals surface area contributed by atoms with E-state index in [9.17, 15) is 9.59 Å². The number of carbonyl (C=O) groups is 2. The van der Waals surface area contributed by atoms with E-state index < -0.39 is 12.1 Å². The van der Waals surface area contributed by atoms with E-state index in [1.165, 1.54) is 32.4 Å². The van der Waals surface area contributed by atoms with Gasteiger partial charge in [-0.25, -0.2) is 9.59 Å². The van der Waals surface area contributed by atoms with Crippen LogP contribution in [0.5, 0.6) is 5.75 Å². The summed E-state index contributed by atoms with van der Waals surface area (Å²) in [6.07, 6.45) is -0.648. The normalized spacial score (nSPS) is 9.00. The van der Waals surface area contributed by atoms with E-state index in [2.05, 4.69) is 10.1 Å². The Kier molecular flexibility index (Phi) is 9.79. The van der Waals surface area contributed by atoms with Gasteiger partial charge in [0, 0.05) is 0 Å². The van der Waals surface area contributed by atoms with Gasteiger partial charge in [-0.05, 0) is 18.2 Å². The van der Waals surface area contributed by atoms with Crippen molar-refractivity contribution in [1.82, 2.24) is 0 Å². The van der Waals surface area contributed by atoms with Gasteiger partial charge in [0.1, 0.15) is 12.4 Å². The van der Waals surface area contributed by atoms with Crippen LogP contribution in [0.4, 0.5) is 10.5 Å². The molecule has 1 N–H and O–H groups in total. The molecule has 21 heavy (non-hydrogen) atoms. The molecule has 0 fully saturated rings. The van der Waals surface area contributed by atoms with E-state index in [-0.39, 0.29) is 12.5 Å². The van der Waals surface area contributed by atoms with Crippen molar-refractivity contribution in [3.63, 3.8) is 0 Å². The van der Waals surface area contributed by atoms with Crippen molar-refractivity contribution >= 4 is 29.4 Å². The second-order valence-electron chi connectivity index (χ2n) is 3.36. The molecular formula is C14H20ClNO5. The largest absolute Gasteiger partial charge is 0.495 e. The minimum absolute atomic E-state index is 0.107. The van der Waals surface area contributed by atoms with E-state index in [0.717, 1.165) is 0 Å². The lowest BCUT2D eigenvalue weighted by Gasteiger charge is -2.11. The number of esters is 1. The fraction of sp³-hybridized carbons (Fsp3) is 0.429. The number of methoxy groups -OCH3 is 2. The molecule has 1 amide bonds. The van der Waals surface area contributed by atoms with Gasteiger partial charge >= 0.3 is 12.1 Å². The van der Waals surface area contributed by atoms with Gasteiger partial charge in [0.05, 0.1) is 31.4 Å². The first-order valence-corrected chi connectivity index (χ1v) is 6.92. The number of benzene rings is 1. The highest BCUT2D eigenvalue weighted by Gasteiger charge is 2.12. The van der Waals surface area contributed by atoms with Crippen molar-refractivity contribution in [3.8, 4) is 5.75 Å². The first-order valence-electron chi connectivity index (χ1n) is 6.38. The second-order valence-corrected chi connectivity index (χ2v) is 3.73. The lowest BCUT2D eigenvalue weighted by molar-refractivity contribution is 0.0600. The number of amides is 1. The summed E-state index contributed by atoms with van der Waals surface area (Å²) in [5.74, 6) is 0.0477. The zero-order chi connectivity index (χ0) is 16.3. The minimum Gasteiger partial charge on any atom is -0.495 e. The van der Waals surface area contributed by atoms with E-state index in [1.54, 1.807) is 0 Å². The van der Waals surface area contributed by atoms with Gasteiger partial charge in [-0.2, -0.15) is 0 Å². The van der Waals surface area contributed by atoms with E-state index >= 15 is 0 Å². The summed E-state index contributed by atoms with van der Waals surface area (Å²) >= 11 is 5.40. The van der Waals surface area contributed by atoms with Crippen LogP contribution in [-0.4, -0.2) is 38.8 Å². The molecule has 0 bridgehead atoms. The number of carbonyl (C=O) groups excluding carboxylic acids is 2. The van der Waals surface area contributed by atoms with Gasteiger partial charge in [0.15, 0.2) is 0 Å². The van der Waals surface area contributed by atoms with Crippen molar-refractivity contribution in [2.24, 2.45) is 0 Å². The Balaban J connectivity index is 0.00000191. The third-order valence-electron chi connectivity index (χ3n) is 2.17. The predicted molar refractivity (Wildman–Crippen MR) is 81.4 cm³/mol. The fourth-order valence-corrected chi connectivity index (χ4v) is 1.39. The lowest BCUT2D eigenvalue weighted by atomic mass is 10.2. The first kappa shape index (κ1) is 19.1. The number of ether oxygens (including phenoxy) is 3. The molecular weight excluding hydrogens is 298 g/mol. The topological polar surface area (TPSA) is 73.9 Å². The fourth-order valence-electron chi connectivity index (χ4n) is 1.32. The van der Waals surface area contributed by atoms with Crippen LogP contribution in [-0.2, 0) is 9.47 Å². The molecule has 1 aromatic rings. The van der Waals surface area contributed by atoms with Gasteiger partial charge in [-0.3, -0.25) is 5.32 Å². The molecule has 0 saturated heterocycles. The summed E-state index contributed by atoms with van der Waals surface area (Å²) < 4.78 is 14.4. The number of halogens is 1. The highest BCUT2D eigenvalue weighted by atomic mass is 35.5. The van der Waals surface area contributed by atoms with Crippen molar-refractivity contribution in [2.45, 2.75) is 13.8 Å². The molecule has 0 aliphatic carbocycles.